The summed E-state index contributed by atoms with van der Waals surface area (Å²) in [7, 11) is 0. The van der Waals surface area contributed by atoms with Crippen molar-refractivity contribution in [3.8, 4) is 10.6 Å². The van der Waals surface area contributed by atoms with Gasteiger partial charge in [-0.3, -0.25) is 9.59 Å². The molecule has 6 nitrogen and oxygen atoms in total. The van der Waals surface area contributed by atoms with E-state index >= 15 is 0 Å². The van der Waals surface area contributed by atoms with Crippen LogP contribution in [0.2, 0.25) is 0 Å². The first-order valence-electron chi connectivity index (χ1n) is 8.33. The van der Waals surface area contributed by atoms with E-state index in [0.717, 1.165) is 10.6 Å². The lowest BCUT2D eigenvalue weighted by Crippen LogP contribution is -2.32. The minimum absolute atomic E-state index is 0.0298. The Morgan fingerprint density at radius 2 is 2.12 bits per heavy atom. The topological polar surface area (TPSA) is 75.4 Å². The van der Waals surface area contributed by atoms with E-state index in [1.807, 2.05) is 53.9 Å². The molecule has 26 heavy (non-hydrogen) atoms. The lowest BCUT2D eigenvalue weighted by Gasteiger charge is -2.16. The van der Waals surface area contributed by atoms with Gasteiger partial charge in [0.05, 0.1) is 17.3 Å². The van der Waals surface area contributed by atoms with Crippen LogP contribution in [0.1, 0.15) is 12.1 Å². The van der Waals surface area contributed by atoms with Crippen LogP contribution in [0.3, 0.4) is 0 Å². The number of thiophene rings is 1. The van der Waals surface area contributed by atoms with E-state index in [0.29, 0.717) is 18.0 Å². The molecule has 0 unspecified atom stereocenters. The number of carbonyl (C=O) groups is 2. The molecule has 0 aliphatic carbocycles. The molecule has 1 aliphatic rings. The van der Waals surface area contributed by atoms with Crippen LogP contribution in [0, 0.1) is 5.92 Å². The van der Waals surface area contributed by atoms with Gasteiger partial charge in [-0.05, 0) is 23.6 Å². The van der Waals surface area contributed by atoms with E-state index in [-0.39, 0.29) is 30.7 Å². The quantitative estimate of drug-likeness (QED) is 0.752. The first-order valence-corrected chi connectivity index (χ1v) is 9.21. The molecule has 132 valence electrons. The van der Waals surface area contributed by atoms with Gasteiger partial charge in [-0.25, -0.2) is 0 Å². The van der Waals surface area contributed by atoms with Crippen molar-refractivity contribution in [2.24, 2.45) is 5.92 Å². The van der Waals surface area contributed by atoms with Crippen molar-refractivity contribution >= 4 is 28.8 Å². The lowest BCUT2D eigenvalue weighted by atomic mass is 10.1. The minimum atomic E-state index is -0.355. The number of nitrogens with zero attached hydrogens (tertiary/aromatic N) is 2. The van der Waals surface area contributed by atoms with Crippen LogP contribution in [0.4, 0.5) is 5.69 Å². The van der Waals surface area contributed by atoms with E-state index in [1.54, 1.807) is 16.2 Å². The van der Waals surface area contributed by atoms with Gasteiger partial charge < -0.3 is 14.7 Å². The van der Waals surface area contributed by atoms with E-state index in [4.69, 9.17) is 4.52 Å². The zero-order valence-electron chi connectivity index (χ0n) is 13.9. The number of carbonyl (C=O) groups excluding carboxylic acids is 2. The summed E-state index contributed by atoms with van der Waals surface area (Å²) in [4.78, 5) is 27.3. The number of nitrogens with one attached hydrogen (secondary N) is 1. The van der Waals surface area contributed by atoms with Gasteiger partial charge in [0.15, 0.2) is 5.76 Å². The molecular weight excluding hydrogens is 350 g/mol. The molecule has 1 fully saturated rings. The van der Waals surface area contributed by atoms with Crippen molar-refractivity contribution in [1.82, 2.24) is 10.5 Å². The third-order valence-electron chi connectivity index (χ3n) is 4.33. The molecule has 2 aromatic heterocycles. The molecule has 3 heterocycles. The molecular formula is C19H17N3O3S. The average molecular weight is 367 g/mol. The monoisotopic (exact) mass is 367 g/mol. The Balaban J connectivity index is 1.35. The van der Waals surface area contributed by atoms with Crippen molar-refractivity contribution in [3.63, 3.8) is 0 Å². The fourth-order valence-electron chi connectivity index (χ4n) is 2.99. The summed E-state index contributed by atoms with van der Waals surface area (Å²) in [5.74, 6) is 0.164. The van der Waals surface area contributed by atoms with Crippen LogP contribution in [-0.4, -0.2) is 23.5 Å². The van der Waals surface area contributed by atoms with Crippen LogP contribution >= 0.6 is 11.3 Å². The van der Waals surface area contributed by atoms with E-state index in [9.17, 15) is 9.59 Å². The smallest absolute Gasteiger partial charge is 0.227 e. The van der Waals surface area contributed by atoms with Gasteiger partial charge in [0.1, 0.15) is 5.69 Å². The Kier molecular flexibility index (Phi) is 4.53. The number of para-hydroxylation sites is 1. The van der Waals surface area contributed by atoms with Gasteiger partial charge in [0.25, 0.3) is 0 Å². The van der Waals surface area contributed by atoms with Crippen LogP contribution in [0.5, 0.6) is 0 Å². The Bertz CT molecular complexity index is 905. The fourth-order valence-corrected chi connectivity index (χ4v) is 3.67. The van der Waals surface area contributed by atoms with E-state index in [1.165, 1.54) is 0 Å². The second kappa shape index (κ2) is 7.13. The van der Waals surface area contributed by atoms with Gasteiger partial charge in [-0.15, -0.1) is 11.3 Å². The third-order valence-corrected chi connectivity index (χ3v) is 5.21. The molecule has 0 radical (unpaired) electrons. The number of benzene rings is 1. The van der Waals surface area contributed by atoms with E-state index < -0.39 is 0 Å². The van der Waals surface area contributed by atoms with E-state index in [2.05, 4.69) is 10.5 Å². The van der Waals surface area contributed by atoms with Gasteiger partial charge in [0.2, 0.25) is 11.8 Å². The SMILES string of the molecule is O=C(NCc1cc(-c2cccs2)on1)[C@H]1CC(=O)N(c2ccccc2)C1. The molecule has 1 N–H and O–H groups in total. The Morgan fingerprint density at radius 1 is 1.27 bits per heavy atom. The molecule has 7 heteroatoms. The molecule has 4 rings (SSSR count). The zero-order chi connectivity index (χ0) is 17.9. The summed E-state index contributed by atoms with van der Waals surface area (Å²) in [5, 5.41) is 8.81. The number of aromatic nitrogens is 1. The maximum Gasteiger partial charge on any atom is 0.227 e. The minimum Gasteiger partial charge on any atom is -0.355 e. The maximum absolute atomic E-state index is 12.4. The first-order chi connectivity index (χ1) is 12.7. The molecule has 0 bridgehead atoms. The second-order valence-electron chi connectivity index (χ2n) is 6.12. The molecule has 3 aromatic rings. The summed E-state index contributed by atoms with van der Waals surface area (Å²) in [6, 6.07) is 15.1. The van der Waals surface area contributed by atoms with Crippen LogP contribution < -0.4 is 10.2 Å². The summed E-state index contributed by atoms with van der Waals surface area (Å²) in [6.45, 7) is 0.678. The van der Waals surface area contributed by atoms with Crippen LogP contribution in [0.15, 0.2) is 58.4 Å². The molecule has 1 aliphatic heterocycles. The normalized spacial score (nSPS) is 16.8. The van der Waals surface area contributed by atoms with Crippen molar-refractivity contribution in [3.05, 3.63) is 59.6 Å². The summed E-state index contributed by atoms with van der Waals surface area (Å²) < 4.78 is 5.31. The average Bonchev–Trinajstić information content (AvgIpc) is 3.40. The number of hydrogen-bond acceptors (Lipinski definition) is 5. The zero-order valence-corrected chi connectivity index (χ0v) is 14.7. The predicted octanol–water partition coefficient (Wildman–Crippen LogP) is 3.07. The standard InChI is InChI=1S/C19H17N3O3S/c23-18-9-13(12-22(18)15-5-2-1-3-6-15)19(24)20-11-14-10-16(25-21-14)17-7-4-8-26-17/h1-8,10,13H,9,11-12H2,(H,20,24)/t13-/m0/s1. The lowest BCUT2D eigenvalue weighted by molar-refractivity contribution is -0.126. The molecule has 1 aromatic carbocycles. The Labute approximate surface area is 154 Å². The van der Waals surface area contributed by atoms with Gasteiger partial charge in [-0.1, -0.05) is 29.4 Å². The van der Waals surface area contributed by atoms with Crippen molar-refractivity contribution in [2.45, 2.75) is 13.0 Å². The van der Waals surface area contributed by atoms with Crippen molar-refractivity contribution in [1.29, 1.82) is 0 Å². The largest absolute Gasteiger partial charge is 0.355 e. The van der Waals surface area contributed by atoms with Crippen molar-refractivity contribution in [2.75, 3.05) is 11.4 Å². The number of rotatable bonds is 5. The van der Waals surface area contributed by atoms with Crippen LogP contribution in [0.25, 0.3) is 10.6 Å². The Morgan fingerprint density at radius 3 is 2.88 bits per heavy atom. The molecule has 0 saturated carbocycles. The van der Waals surface area contributed by atoms with Gasteiger partial charge >= 0.3 is 0 Å². The highest BCUT2D eigenvalue weighted by atomic mass is 32.1. The van der Waals surface area contributed by atoms with Crippen molar-refractivity contribution < 1.29 is 14.1 Å². The number of amides is 2. The Hall–Kier alpha value is -2.93. The number of anilines is 1. The van der Waals surface area contributed by atoms with Gasteiger partial charge in [-0.2, -0.15) is 0 Å². The third kappa shape index (κ3) is 3.39. The summed E-state index contributed by atoms with van der Waals surface area (Å²) in [6.07, 6.45) is 0.222. The predicted molar refractivity (Wildman–Crippen MR) is 98.6 cm³/mol. The highest BCUT2D eigenvalue weighted by Crippen LogP contribution is 2.26. The highest BCUT2D eigenvalue weighted by Gasteiger charge is 2.34. The molecule has 2 amide bonds. The summed E-state index contributed by atoms with van der Waals surface area (Å²) >= 11 is 1.57. The fraction of sp³-hybridized carbons (Fsp3) is 0.211. The number of hydrogen-bond donors (Lipinski definition) is 1. The molecule has 0 spiro atoms. The maximum atomic E-state index is 12.4. The molecule has 1 saturated heterocycles. The highest BCUT2D eigenvalue weighted by molar-refractivity contribution is 7.13. The first kappa shape index (κ1) is 16.5. The van der Waals surface area contributed by atoms with Crippen LogP contribution in [-0.2, 0) is 16.1 Å². The molecule has 1 atom stereocenters. The second-order valence-corrected chi connectivity index (χ2v) is 7.07. The van der Waals surface area contributed by atoms with Gasteiger partial charge in [0, 0.05) is 24.7 Å². The summed E-state index contributed by atoms with van der Waals surface area (Å²) in [5.41, 5.74) is 1.48.